The van der Waals surface area contributed by atoms with E-state index in [0.717, 1.165) is 11.1 Å². The third kappa shape index (κ3) is 6.43. The predicted octanol–water partition coefficient (Wildman–Crippen LogP) is 2.93. The number of rotatable bonds is 7. The molecule has 2 aromatic rings. The summed E-state index contributed by atoms with van der Waals surface area (Å²) >= 11 is 0. The van der Waals surface area contributed by atoms with Gasteiger partial charge in [0.2, 0.25) is 11.8 Å². The van der Waals surface area contributed by atoms with Crippen molar-refractivity contribution < 1.29 is 14.0 Å². The van der Waals surface area contributed by atoms with Crippen molar-refractivity contribution in [2.24, 2.45) is 0 Å². The van der Waals surface area contributed by atoms with Crippen molar-refractivity contribution in [1.82, 2.24) is 5.32 Å². The van der Waals surface area contributed by atoms with Crippen molar-refractivity contribution in [3.63, 3.8) is 0 Å². The predicted molar refractivity (Wildman–Crippen MR) is 91.9 cm³/mol. The number of nitrogens with one attached hydrogen (secondary N) is 2. The van der Waals surface area contributed by atoms with Crippen molar-refractivity contribution in [3.05, 3.63) is 65.5 Å². The maximum Gasteiger partial charge on any atom is 0.238 e. The van der Waals surface area contributed by atoms with Crippen LogP contribution in [0.5, 0.6) is 0 Å². The molecule has 0 fully saturated rings. The lowest BCUT2D eigenvalue weighted by molar-refractivity contribution is -0.121. The maximum atomic E-state index is 13.1. The van der Waals surface area contributed by atoms with E-state index < -0.39 is 0 Å². The highest BCUT2D eigenvalue weighted by Crippen LogP contribution is 2.11. The Bertz CT molecular complexity index is 799. The first-order valence-corrected chi connectivity index (χ1v) is 7.83. The van der Waals surface area contributed by atoms with Gasteiger partial charge in [-0.25, -0.2) is 4.39 Å². The molecule has 0 aliphatic carbocycles. The zero-order valence-electron chi connectivity index (χ0n) is 13.6. The Morgan fingerprint density at radius 3 is 2.56 bits per heavy atom. The quantitative estimate of drug-likeness (QED) is 0.814. The standard InChI is InChI=1S/C19H18FN3O2/c20-16-5-1-3-14(11-16)7-8-18(24)22-13-15-4-2-6-17(12-15)23-19(25)9-10-21/h1-6,11-12H,7-9,13H2,(H,22,24)(H,23,25). The van der Waals surface area contributed by atoms with Gasteiger partial charge in [-0.05, 0) is 41.8 Å². The van der Waals surface area contributed by atoms with Crippen LogP contribution >= 0.6 is 0 Å². The molecule has 2 amide bonds. The Labute approximate surface area is 145 Å². The van der Waals surface area contributed by atoms with Gasteiger partial charge in [-0.15, -0.1) is 0 Å². The number of aryl methyl sites for hydroxylation is 1. The van der Waals surface area contributed by atoms with E-state index in [2.05, 4.69) is 10.6 Å². The van der Waals surface area contributed by atoms with Gasteiger partial charge in [-0.1, -0.05) is 24.3 Å². The first-order valence-electron chi connectivity index (χ1n) is 7.83. The largest absolute Gasteiger partial charge is 0.352 e. The number of amides is 2. The summed E-state index contributed by atoms with van der Waals surface area (Å²) in [6.45, 7) is 0.323. The molecule has 0 atom stereocenters. The third-order valence-corrected chi connectivity index (χ3v) is 3.47. The van der Waals surface area contributed by atoms with Crippen LogP contribution in [0.4, 0.5) is 10.1 Å². The molecule has 0 spiro atoms. The molecule has 6 heteroatoms. The number of carbonyl (C=O) groups excluding carboxylic acids is 2. The summed E-state index contributed by atoms with van der Waals surface area (Å²) in [5, 5.41) is 13.9. The number of carbonyl (C=O) groups is 2. The molecule has 2 rings (SSSR count). The minimum atomic E-state index is -0.376. The lowest BCUT2D eigenvalue weighted by atomic mass is 10.1. The molecular weight excluding hydrogens is 321 g/mol. The Balaban J connectivity index is 1.81. The summed E-state index contributed by atoms with van der Waals surface area (Å²) < 4.78 is 13.1. The Kier molecular flexibility index (Phi) is 6.66. The number of hydrogen-bond donors (Lipinski definition) is 2. The fraction of sp³-hybridized carbons (Fsp3) is 0.211. The molecule has 25 heavy (non-hydrogen) atoms. The zero-order chi connectivity index (χ0) is 18.1. The van der Waals surface area contributed by atoms with E-state index in [1.165, 1.54) is 12.1 Å². The molecule has 0 radical (unpaired) electrons. The normalized spacial score (nSPS) is 9.92. The second-order valence-corrected chi connectivity index (χ2v) is 5.49. The summed E-state index contributed by atoms with van der Waals surface area (Å²) in [7, 11) is 0. The van der Waals surface area contributed by atoms with Gasteiger partial charge in [0.1, 0.15) is 12.2 Å². The van der Waals surface area contributed by atoms with Crippen LogP contribution in [0, 0.1) is 17.1 Å². The van der Waals surface area contributed by atoms with Gasteiger partial charge in [0.15, 0.2) is 0 Å². The van der Waals surface area contributed by atoms with Gasteiger partial charge < -0.3 is 10.6 Å². The highest BCUT2D eigenvalue weighted by atomic mass is 19.1. The maximum absolute atomic E-state index is 13.1. The van der Waals surface area contributed by atoms with Gasteiger partial charge in [-0.3, -0.25) is 9.59 Å². The Morgan fingerprint density at radius 2 is 1.80 bits per heavy atom. The minimum absolute atomic E-state index is 0.136. The summed E-state index contributed by atoms with van der Waals surface area (Å²) in [5.74, 6) is -0.824. The van der Waals surface area contributed by atoms with Gasteiger partial charge in [0, 0.05) is 18.7 Å². The summed E-state index contributed by atoms with van der Waals surface area (Å²) in [6, 6.07) is 15.0. The van der Waals surface area contributed by atoms with E-state index in [1.807, 2.05) is 6.07 Å². The van der Waals surface area contributed by atoms with Crippen molar-refractivity contribution in [2.75, 3.05) is 5.32 Å². The molecule has 0 unspecified atom stereocenters. The number of hydrogen-bond acceptors (Lipinski definition) is 3. The van der Waals surface area contributed by atoms with Crippen molar-refractivity contribution in [3.8, 4) is 6.07 Å². The SMILES string of the molecule is N#CCC(=O)Nc1cccc(CNC(=O)CCc2cccc(F)c2)c1. The van der Waals surface area contributed by atoms with Crippen LogP contribution in [0.1, 0.15) is 24.0 Å². The highest BCUT2D eigenvalue weighted by Gasteiger charge is 2.05. The molecule has 0 saturated carbocycles. The van der Waals surface area contributed by atoms with Crippen LogP contribution in [0.15, 0.2) is 48.5 Å². The van der Waals surface area contributed by atoms with E-state index in [0.29, 0.717) is 18.7 Å². The third-order valence-electron chi connectivity index (χ3n) is 3.47. The molecule has 0 saturated heterocycles. The van der Waals surface area contributed by atoms with Crippen molar-refractivity contribution >= 4 is 17.5 Å². The second kappa shape index (κ2) is 9.18. The van der Waals surface area contributed by atoms with E-state index in [4.69, 9.17) is 5.26 Å². The van der Waals surface area contributed by atoms with Gasteiger partial charge in [-0.2, -0.15) is 5.26 Å². The first-order chi connectivity index (χ1) is 12.1. The highest BCUT2D eigenvalue weighted by molar-refractivity contribution is 5.92. The van der Waals surface area contributed by atoms with Crippen LogP contribution < -0.4 is 10.6 Å². The second-order valence-electron chi connectivity index (χ2n) is 5.49. The van der Waals surface area contributed by atoms with Gasteiger partial charge in [0.25, 0.3) is 0 Å². The summed E-state index contributed by atoms with van der Waals surface area (Å²) in [4.78, 5) is 23.3. The smallest absolute Gasteiger partial charge is 0.238 e. The molecule has 2 N–H and O–H groups in total. The van der Waals surface area contributed by atoms with Crippen LogP contribution in [-0.4, -0.2) is 11.8 Å². The van der Waals surface area contributed by atoms with Crippen LogP contribution in [0.3, 0.4) is 0 Å². The van der Waals surface area contributed by atoms with Crippen molar-refractivity contribution in [2.45, 2.75) is 25.8 Å². The molecule has 0 aromatic heterocycles. The number of nitrogens with zero attached hydrogens (tertiary/aromatic N) is 1. The van der Waals surface area contributed by atoms with E-state index in [9.17, 15) is 14.0 Å². The molecule has 0 aliphatic rings. The molecule has 128 valence electrons. The average Bonchev–Trinajstić information content (AvgIpc) is 2.59. The molecule has 0 aliphatic heterocycles. The molecule has 0 heterocycles. The van der Waals surface area contributed by atoms with Gasteiger partial charge >= 0.3 is 0 Å². The molecule has 0 bridgehead atoms. The van der Waals surface area contributed by atoms with Crippen LogP contribution in [0.25, 0.3) is 0 Å². The fourth-order valence-corrected chi connectivity index (χ4v) is 2.28. The Hall–Kier alpha value is -3.20. The van der Waals surface area contributed by atoms with Gasteiger partial charge in [0.05, 0.1) is 6.07 Å². The lowest BCUT2D eigenvalue weighted by Crippen LogP contribution is -2.23. The number of halogens is 1. The average molecular weight is 339 g/mol. The van der Waals surface area contributed by atoms with Crippen LogP contribution in [0.2, 0.25) is 0 Å². The van der Waals surface area contributed by atoms with E-state index in [-0.39, 0.29) is 30.5 Å². The minimum Gasteiger partial charge on any atom is -0.352 e. The number of nitriles is 1. The lowest BCUT2D eigenvalue weighted by Gasteiger charge is -2.08. The molecule has 2 aromatic carbocycles. The zero-order valence-corrected chi connectivity index (χ0v) is 13.6. The first kappa shape index (κ1) is 18.1. The topological polar surface area (TPSA) is 82.0 Å². The van der Waals surface area contributed by atoms with E-state index in [1.54, 1.807) is 36.4 Å². The molecule has 5 nitrogen and oxygen atoms in total. The number of benzene rings is 2. The summed E-state index contributed by atoms with van der Waals surface area (Å²) in [5.41, 5.74) is 2.18. The van der Waals surface area contributed by atoms with E-state index >= 15 is 0 Å². The summed E-state index contributed by atoms with van der Waals surface area (Å²) in [6.07, 6.45) is 0.525. The number of anilines is 1. The van der Waals surface area contributed by atoms with Crippen LogP contribution in [-0.2, 0) is 22.6 Å². The van der Waals surface area contributed by atoms with Crippen molar-refractivity contribution in [1.29, 1.82) is 5.26 Å². The molecular formula is C19H18FN3O2. The Morgan fingerprint density at radius 1 is 1.04 bits per heavy atom. The monoisotopic (exact) mass is 339 g/mol. The fourth-order valence-electron chi connectivity index (χ4n) is 2.28.